The smallest absolute Gasteiger partial charge is 0.228 e. The number of amides is 1. The fraction of sp³-hybridized carbons (Fsp3) is 0.308. The number of aryl methyl sites for hydroxylation is 1. The normalized spacial score (nSPS) is 11.6. The maximum absolute atomic E-state index is 11.6. The zero-order chi connectivity index (χ0) is 12.1. The summed E-state index contributed by atoms with van der Waals surface area (Å²) in [7, 11) is 0. The van der Waals surface area contributed by atoms with Crippen LogP contribution in [0.1, 0.15) is 18.9 Å². The zero-order valence-corrected chi connectivity index (χ0v) is 10.1. The molecule has 0 aliphatic carbocycles. The number of benzene rings is 1. The quantitative estimate of drug-likeness (QED) is 0.801. The van der Waals surface area contributed by atoms with Gasteiger partial charge < -0.3 is 5.32 Å². The molecule has 1 atom stereocenters. The number of rotatable bonds is 3. The predicted molar refractivity (Wildman–Crippen MR) is 67.4 cm³/mol. The summed E-state index contributed by atoms with van der Waals surface area (Å²) in [4.78, 5) is 11.6. The van der Waals surface area contributed by atoms with E-state index in [9.17, 15) is 4.79 Å². The minimum atomic E-state index is -0.190. The molecule has 1 amide bonds. The van der Waals surface area contributed by atoms with E-state index in [4.69, 9.17) is 18.0 Å². The molecule has 0 bridgehead atoms. The van der Waals surface area contributed by atoms with Crippen molar-refractivity contribution in [1.29, 1.82) is 0 Å². The number of carbonyl (C=O) groups excluding carboxylic acids is 1. The Morgan fingerprint density at radius 1 is 1.62 bits per heavy atom. The average molecular weight is 236 g/mol. The third-order valence-corrected chi connectivity index (χ3v) is 2.72. The van der Waals surface area contributed by atoms with Gasteiger partial charge in [0.15, 0.2) is 0 Å². The Morgan fingerprint density at radius 3 is 2.88 bits per heavy atom. The Kier molecular flexibility index (Phi) is 4.39. The summed E-state index contributed by atoms with van der Waals surface area (Å²) in [6.45, 7) is 3.71. The predicted octanol–water partition coefficient (Wildman–Crippen LogP) is 3.25. The fourth-order valence-corrected chi connectivity index (χ4v) is 1.39. The number of hydrogen-bond donors (Lipinski definition) is 1. The molecule has 0 fully saturated rings. The van der Waals surface area contributed by atoms with Crippen LogP contribution in [0.5, 0.6) is 0 Å². The zero-order valence-electron chi connectivity index (χ0n) is 9.38. The monoisotopic (exact) mass is 235 g/mol. The van der Waals surface area contributed by atoms with Gasteiger partial charge in [0.05, 0.1) is 0 Å². The van der Waals surface area contributed by atoms with Crippen molar-refractivity contribution in [2.24, 2.45) is 5.92 Å². The molecule has 2 nitrogen and oxygen atoms in total. The third kappa shape index (κ3) is 3.29. The van der Waals surface area contributed by atoms with Crippen molar-refractivity contribution < 1.29 is 4.79 Å². The lowest BCUT2D eigenvalue weighted by molar-refractivity contribution is -0.119. The molecule has 1 aromatic carbocycles. The Labute approximate surface area is 101 Å². The van der Waals surface area contributed by atoms with Crippen LogP contribution in [0, 0.1) is 25.2 Å². The first-order chi connectivity index (χ1) is 7.54. The second-order valence-electron chi connectivity index (χ2n) is 3.76. The van der Waals surface area contributed by atoms with E-state index in [0.29, 0.717) is 17.1 Å². The van der Waals surface area contributed by atoms with Gasteiger partial charge >= 0.3 is 0 Å². The van der Waals surface area contributed by atoms with Crippen LogP contribution in [0.3, 0.4) is 0 Å². The Bertz CT molecular complexity index is 434. The lowest BCUT2D eigenvalue weighted by Gasteiger charge is -2.10. The van der Waals surface area contributed by atoms with Crippen LogP contribution in [0.15, 0.2) is 18.2 Å². The molecular formula is C13H14ClNO. The minimum absolute atomic E-state index is 0.0853. The average Bonchev–Trinajstić information content (AvgIpc) is 2.24. The molecule has 3 heteroatoms. The van der Waals surface area contributed by atoms with Gasteiger partial charge in [0, 0.05) is 23.0 Å². The van der Waals surface area contributed by atoms with Gasteiger partial charge in [-0.15, -0.1) is 12.3 Å². The van der Waals surface area contributed by atoms with Crippen LogP contribution in [0.25, 0.3) is 0 Å². The summed E-state index contributed by atoms with van der Waals surface area (Å²) >= 11 is 5.95. The van der Waals surface area contributed by atoms with E-state index in [1.165, 1.54) is 0 Å². The number of carbonyl (C=O) groups is 1. The highest BCUT2D eigenvalue weighted by Gasteiger charge is 2.11. The molecule has 0 saturated heterocycles. The first-order valence-electron chi connectivity index (χ1n) is 5.05. The molecule has 84 valence electrons. The van der Waals surface area contributed by atoms with Crippen molar-refractivity contribution in [2.45, 2.75) is 20.3 Å². The van der Waals surface area contributed by atoms with Gasteiger partial charge in [-0.1, -0.05) is 24.6 Å². The van der Waals surface area contributed by atoms with Crippen molar-refractivity contribution in [3.8, 4) is 12.3 Å². The van der Waals surface area contributed by atoms with Crippen LogP contribution >= 0.6 is 11.6 Å². The van der Waals surface area contributed by atoms with E-state index in [2.05, 4.69) is 11.2 Å². The van der Waals surface area contributed by atoms with Crippen LogP contribution in [0.4, 0.5) is 5.69 Å². The largest absolute Gasteiger partial charge is 0.326 e. The van der Waals surface area contributed by atoms with E-state index < -0.39 is 0 Å². The van der Waals surface area contributed by atoms with Crippen LogP contribution in [-0.2, 0) is 4.79 Å². The van der Waals surface area contributed by atoms with Gasteiger partial charge in [-0.05, 0) is 24.6 Å². The Hall–Kier alpha value is -1.46. The van der Waals surface area contributed by atoms with E-state index in [1.54, 1.807) is 13.0 Å². The maximum atomic E-state index is 11.6. The molecule has 0 saturated carbocycles. The van der Waals surface area contributed by atoms with Crippen LogP contribution in [0.2, 0.25) is 5.02 Å². The van der Waals surface area contributed by atoms with Gasteiger partial charge in [-0.25, -0.2) is 0 Å². The molecule has 0 spiro atoms. The molecular weight excluding hydrogens is 222 g/mol. The Balaban J connectivity index is 2.70. The van der Waals surface area contributed by atoms with Crippen molar-refractivity contribution in [2.75, 3.05) is 5.32 Å². The first-order valence-corrected chi connectivity index (χ1v) is 5.43. The lowest BCUT2D eigenvalue weighted by Crippen LogP contribution is -2.19. The van der Waals surface area contributed by atoms with E-state index in [-0.39, 0.29) is 11.8 Å². The number of terminal acetylenes is 1. The molecule has 16 heavy (non-hydrogen) atoms. The number of anilines is 1. The molecule has 1 N–H and O–H groups in total. The van der Waals surface area contributed by atoms with Crippen LogP contribution < -0.4 is 5.32 Å². The summed E-state index contributed by atoms with van der Waals surface area (Å²) in [6.07, 6.45) is 5.59. The number of halogens is 1. The summed E-state index contributed by atoms with van der Waals surface area (Å²) < 4.78 is 0. The molecule has 0 radical (unpaired) electrons. The van der Waals surface area contributed by atoms with Crippen molar-refractivity contribution in [3.05, 3.63) is 28.8 Å². The topological polar surface area (TPSA) is 29.1 Å². The summed E-state index contributed by atoms with van der Waals surface area (Å²) in [5.74, 6) is 2.19. The van der Waals surface area contributed by atoms with E-state index in [1.807, 2.05) is 19.1 Å². The molecule has 1 unspecified atom stereocenters. The number of hydrogen-bond acceptors (Lipinski definition) is 1. The SMILES string of the molecule is C#CCC(C)C(=O)Nc1ccc(C)c(Cl)c1. The summed E-state index contributed by atoms with van der Waals surface area (Å²) in [6, 6.07) is 5.42. The molecule has 0 aliphatic heterocycles. The summed E-state index contributed by atoms with van der Waals surface area (Å²) in [5.41, 5.74) is 1.68. The summed E-state index contributed by atoms with van der Waals surface area (Å²) in [5, 5.41) is 3.42. The molecule has 1 aromatic rings. The third-order valence-electron chi connectivity index (χ3n) is 2.31. The highest BCUT2D eigenvalue weighted by atomic mass is 35.5. The van der Waals surface area contributed by atoms with Gasteiger partial charge in [0.25, 0.3) is 0 Å². The second kappa shape index (κ2) is 5.58. The van der Waals surface area contributed by atoms with Crippen molar-refractivity contribution >= 4 is 23.2 Å². The minimum Gasteiger partial charge on any atom is -0.326 e. The second-order valence-corrected chi connectivity index (χ2v) is 4.17. The molecule has 0 heterocycles. The van der Waals surface area contributed by atoms with Crippen molar-refractivity contribution in [1.82, 2.24) is 0 Å². The molecule has 0 aliphatic rings. The van der Waals surface area contributed by atoms with Crippen molar-refractivity contribution in [3.63, 3.8) is 0 Å². The van der Waals surface area contributed by atoms with E-state index in [0.717, 1.165) is 5.56 Å². The first kappa shape index (κ1) is 12.6. The van der Waals surface area contributed by atoms with E-state index >= 15 is 0 Å². The highest BCUT2D eigenvalue weighted by Crippen LogP contribution is 2.20. The van der Waals surface area contributed by atoms with Crippen LogP contribution in [-0.4, -0.2) is 5.91 Å². The van der Waals surface area contributed by atoms with Gasteiger partial charge in [-0.3, -0.25) is 4.79 Å². The standard InChI is InChI=1S/C13H14ClNO/c1-4-5-10(3)13(16)15-11-7-6-9(2)12(14)8-11/h1,6-8,10H,5H2,2-3H3,(H,15,16). The molecule has 0 aromatic heterocycles. The van der Waals surface area contributed by atoms with Gasteiger partial charge in [-0.2, -0.15) is 0 Å². The molecule has 1 rings (SSSR count). The Morgan fingerprint density at radius 2 is 2.31 bits per heavy atom. The van der Waals surface area contributed by atoms with Gasteiger partial charge in [0.2, 0.25) is 5.91 Å². The fourth-order valence-electron chi connectivity index (χ4n) is 1.21. The lowest BCUT2D eigenvalue weighted by atomic mass is 10.1. The van der Waals surface area contributed by atoms with Gasteiger partial charge in [0.1, 0.15) is 0 Å². The highest BCUT2D eigenvalue weighted by molar-refractivity contribution is 6.31. The maximum Gasteiger partial charge on any atom is 0.228 e. The number of nitrogens with one attached hydrogen (secondary N) is 1.